The maximum atomic E-state index is 13.8. The van der Waals surface area contributed by atoms with Crippen molar-refractivity contribution in [3.8, 4) is 0 Å². The van der Waals surface area contributed by atoms with E-state index in [9.17, 15) is 18.4 Å². The zero-order valence-corrected chi connectivity index (χ0v) is 16.4. The van der Waals surface area contributed by atoms with Gasteiger partial charge in [0.15, 0.2) is 11.5 Å². The Morgan fingerprint density at radius 1 is 1.13 bits per heavy atom. The highest BCUT2D eigenvalue weighted by Crippen LogP contribution is 2.34. The molecule has 3 heterocycles. The van der Waals surface area contributed by atoms with E-state index >= 15 is 0 Å². The molecule has 7 nitrogen and oxygen atoms in total. The lowest BCUT2D eigenvalue weighted by atomic mass is 9.82. The van der Waals surface area contributed by atoms with Gasteiger partial charge in [0.25, 0.3) is 11.5 Å². The molecule has 0 bridgehead atoms. The quantitative estimate of drug-likeness (QED) is 0.529. The lowest BCUT2D eigenvalue weighted by molar-refractivity contribution is 0.0919. The molecule has 1 aliphatic rings. The number of pyridine rings is 1. The first-order chi connectivity index (χ1) is 15.0. The molecule has 2 N–H and O–H groups in total. The van der Waals surface area contributed by atoms with Crippen LogP contribution in [-0.4, -0.2) is 31.5 Å². The van der Waals surface area contributed by atoms with Gasteiger partial charge < -0.3 is 5.32 Å². The van der Waals surface area contributed by atoms with Crippen LogP contribution in [0.5, 0.6) is 0 Å². The van der Waals surface area contributed by atoms with Crippen LogP contribution in [0.1, 0.15) is 47.8 Å². The number of benzene rings is 1. The maximum Gasteiger partial charge on any atom is 0.272 e. The van der Waals surface area contributed by atoms with Crippen LogP contribution in [0.2, 0.25) is 0 Å². The second-order valence-electron chi connectivity index (χ2n) is 7.85. The van der Waals surface area contributed by atoms with E-state index < -0.39 is 17.5 Å². The van der Waals surface area contributed by atoms with Crippen LogP contribution < -0.4 is 10.9 Å². The summed E-state index contributed by atoms with van der Waals surface area (Å²) in [5.74, 6) is -1.85. The van der Waals surface area contributed by atoms with Crippen molar-refractivity contribution >= 4 is 22.3 Å². The largest absolute Gasteiger partial charge is 0.348 e. The van der Waals surface area contributed by atoms with Crippen molar-refractivity contribution < 1.29 is 13.6 Å². The SMILES string of the molecule is O=C(NC1CCC(c2n[nH]c(=O)c3ccccc23)CC1)c1cnc2c(F)cc(F)cn12. The Morgan fingerprint density at radius 2 is 1.87 bits per heavy atom. The van der Waals surface area contributed by atoms with E-state index in [4.69, 9.17) is 0 Å². The van der Waals surface area contributed by atoms with Crippen LogP contribution in [0.25, 0.3) is 16.4 Å². The van der Waals surface area contributed by atoms with Gasteiger partial charge in [-0.1, -0.05) is 18.2 Å². The van der Waals surface area contributed by atoms with E-state index in [0.717, 1.165) is 53.4 Å². The first-order valence-electron chi connectivity index (χ1n) is 10.1. The smallest absolute Gasteiger partial charge is 0.272 e. The molecule has 4 aromatic rings. The highest BCUT2D eigenvalue weighted by molar-refractivity contribution is 5.93. The number of imidazole rings is 1. The van der Waals surface area contributed by atoms with Crippen LogP contribution in [0.4, 0.5) is 8.78 Å². The second-order valence-corrected chi connectivity index (χ2v) is 7.85. The lowest BCUT2D eigenvalue weighted by Crippen LogP contribution is -2.38. The van der Waals surface area contributed by atoms with E-state index in [-0.39, 0.29) is 28.9 Å². The molecule has 1 fully saturated rings. The molecule has 0 atom stereocenters. The Labute approximate surface area is 175 Å². The summed E-state index contributed by atoms with van der Waals surface area (Å²) in [6, 6.07) is 8.07. The lowest BCUT2D eigenvalue weighted by Gasteiger charge is -2.29. The van der Waals surface area contributed by atoms with Gasteiger partial charge in [0, 0.05) is 29.6 Å². The predicted molar refractivity (Wildman–Crippen MR) is 110 cm³/mol. The molecule has 0 unspecified atom stereocenters. The fourth-order valence-electron chi connectivity index (χ4n) is 4.40. The predicted octanol–water partition coefficient (Wildman–Crippen LogP) is 3.31. The number of halogens is 2. The summed E-state index contributed by atoms with van der Waals surface area (Å²) >= 11 is 0. The molecule has 0 saturated heterocycles. The summed E-state index contributed by atoms with van der Waals surface area (Å²) < 4.78 is 28.5. The van der Waals surface area contributed by atoms with Crippen LogP contribution in [-0.2, 0) is 0 Å². The molecule has 9 heteroatoms. The van der Waals surface area contributed by atoms with E-state index in [2.05, 4.69) is 20.5 Å². The van der Waals surface area contributed by atoms with Crippen molar-refractivity contribution in [1.82, 2.24) is 24.9 Å². The van der Waals surface area contributed by atoms with E-state index in [1.54, 1.807) is 6.07 Å². The van der Waals surface area contributed by atoms with Crippen molar-refractivity contribution in [3.63, 3.8) is 0 Å². The third kappa shape index (κ3) is 3.45. The van der Waals surface area contributed by atoms with Gasteiger partial charge in [-0.3, -0.25) is 14.0 Å². The average Bonchev–Trinajstić information content (AvgIpc) is 3.19. The third-order valence-electron chi connectivity index (χ3n) is 5.93. The highest BCUT2D eigenvalue weighted by atomic mass is 19.1. The summed E-state index contributed by atoms with van der Waals surface area (Å²) in [6.45, 7) is 0. The Kier molecular flexibility index (Phi) is 4.72. The van der Waals surface area contributed by atoms with Crippen molar-refractivity contribution in [1.29, 1.82) is 0 Å². The number of fused-ring (bicyclic) bond motifs is 2. The van der Waals surface area contributed by atoms with Crippen molar-refractivity contribution in [2.45, 2.75) is 37.6 Å². The number of hydrogen-bond donors (Lipinski definition) is 2. The Bertz CT molecular complexity index is 1360. The zero-order chi connectivity index (χ0) is 21.5. The molecule has 5 rings (SSSR count). The second kappa shape index (κ2) is 7.57. The molecule has 1 aromatic carbocycles. The molecule has 158 valence electrons. The van der Waals surface area contributed by atoms with Crippen LogP contribution in [0.15, 0.2) is 47.5 Å². The van der Waals surface area contributed by atoms with Crippen molar-refractivity contribution in [3.05, 3.63) is 76.1 Å². The molecule has 1 saturated carbocycles. The third-order valence-corrected chi connectivity index (χ3v) is 5.93. The minimum absolute atomic E-state index is 0.0678. The number of rotatable bonds is 3. The van der Waals surface area contributed by atoms with Gasteiger partial charge in [-0.2, -0.15) is 5.10 Å². The normalized spacial score (nSPS) is 19.0. The molecule has 0 aliphatic heterocycles. The number of nitrogens with one attached hydrogen (secondary N) is 2. The average molecular weight is 423 g/mol. The summed E-state index contributed by atoms with van der Waals surface area (Å²) in [5.41, 5.74) is 0.656. The number of H-pyrrole nitrogens is 1. The number of aromatic nitrogens is 4. The summed E-state index contributed by atoms with van der Waals surface area (Å²) in [6.07, 6.45) is 5.34. The fourth-order valence-corrected chi connectivity index (χ4v) is 4.40. The van der Waals surface area contributed by atoms with Crippen LogP contribution in [0.3, 0.4) is 0 Å². The molecule has 0 radical (unpaired) electrons. The van der Waals surface area contributed by atoms with Crippen LogP contribution in [0, 0.1) is 11.6 Å². The monoisotopic (exact) mass is 423 g/mol. The Balaban J connectivity index is 1.30. The molecule has 1 amide bonds. The first-order valence-corrected chi connectivity index (χ1v) is 10.1. The van der Waals surface area contributed by atoms with E-state index in [0.29, 0.717) is 5.39 Å². The molecular formula is C22H19F2N5O2. The van der Waals surface area contributed by atoms with Crippen LogP contribution >= 0.6 is 0 Å². The summed E-state index contributed by atoms with van der Waals surface area (Å²) in [5, 5.41) is 11.3. The molecule has 31 heavy (non-hydrogen) atoms. The standard InChI is InChI=1S/C22H19F2N5O2/c23-13-9-17(24)20-25-10-18(29(20)11-13)22(31)26-14-7-5-12(6-8-14)19-15-3-1-2-4-16(15)21(30)28-27-19/h1-4,9-12,14H,5-8H2,(H,26,31)(H,28,30). The van der Waals surface area contributed by atoms with Gasteiger partial charge in [-0.05, 0) is 31.7 Å². The van der Waals surface area contributed by atoms with Gasteiger partial charge in [0.1, 0.15) is 11.5 Å². The van der Waals surface area contributed by atoms with Gasteiger partial charge in [0.05, 0.1) is 17.3 Å². The number of hydrogen-bond acceptors (Lipinski definition) is 4. The number of carbonyl (C=O) groups is 1. The zero-order valence-electron chi connectivity index (χ0n) is 16.4. The van der Waals surface area contributed by atoms with Crippen molar-refractivity contribution in [2.24, 2.45) is 0 Å². The number of aromatic amines is 1. The van der Waals surface area contributed by atoms with Gasteiger partial charge >= 0.3 is 0 Å². The topological polar surface area (TPSA) is 92.1 Å². The number of amides is 1. The van der Waals surface area contributed by atoms with Gasteiger partial charge in [0.2, 0.25) is 0 Å². The molecular weight excluding hydrogens is 404 g/mol. The summed E-state index contributed by atoms with van der Waals surface area (Å²) in [7, 11) is 0. The van der Waals surface area contributed by atoms with E-state index in [1.165, 1.54) is 6.20 Å². The highest BCUT2D eigenvalue weighted by Gasteiger charge is 2.27. The van der Waals surface area contributed by atoms with Gasteiger partial charge in [-0.25, -0.2) is 18.9 Å². The first kappa shape index (κ1) is 19.3. The van der Waals surface area contributed by atoms with Gasteiger partial charge in [-0.15, -0.1) is 0 Å². The molecule has 0 spiro atoms. The number of carbonyl (C=O) groups excluding carboxylic acids is 1. The van der Waals surface area contributed by atoms with E-state index in [1.807, 2.05) is 18.2 Å². The van der Waals surface area contributed by atoms with Crippen molar-refractivity contribution in [2.75, 3.05) is 0 Å². The maximum absolute atomic E-state index is 13.8. The molecule has 3 aromatic heterocycles. The Morgan fingerprint density at radius 3 is 2.65 bits per heavy atom. The minimum atomic E-state index is -0.819. The summed E-state index contributed by atoms with van der Waals surface area (Å²) in [4.78, 5) is 28.6. The number of nitrogens with zero attached hydrogens (tertiary/aromatic N) is 3. The molecule has 1 aliphatic carbocycles. The fraction of sp³-hybridized carbons (Fsp3) is 0.273. The minimum Gasteiger partial charge on any atom is -0.348 e. The Hall–Kier alpha value is -3.62.